The number of rotatable bonds is 3. The number of benzene rings is 1. The smallest absolute Gasteiger partial charge is 0.338 e. The number of pyridine rings is 1. The van der Waals surface area contributed by atoms with E-state index in [4.69, 9.17) is 9.84 Å². The highest BCUT2D eigenvalue weighted by atomic mass is 19.1. The Morgan fingerprint density at radius 2 is 2.06 bits per heavy atom. The van der Waals surface area contributed by atoms with Gasteiger partial charge in [-0.2, -0.15) is 0 Å². The lowest BCUT2D eigenvalue weighted by Gasteiger charge is -2.08. The van der Waals surface area contributed by atoms with Crippen LogP contribution in [-0.4, -0.2) is 16.1 Å². The van der Waals surface area contributed by atoms with E-state index >= 15 is 0 Å². The second kappa shape index (κ2) is 4.83. The zero-order valence-electron chi connectivity index (χ0n) is 9.55. The fourth-order valence-corrected chi connectivity index (χ4v) is 1.44. The maximum Gasteiger partial charge on any atom is 0.338 e. The number of aromatic nitrogens is 1. The molecule has 18 heavy (non-hydrogen) atoms. The molecule has 2 aromatic rings. The number of aryl methyl sites for hydroxylation is 1. The molecule has 92 valence electrons. The molecule has 0 aliphatic rings. The van der Waals surface area contributed by atoms with E-state index in [9.17, 15) is 9.18 Å². The van der Waals surface area contributed by atoms with Crippen LogP contribution in [0.2, 0.25) is 0 Å². The first-order valence-electron chi connectivity index (χ1n) is 5.21. The third-order valence-electron chi connectivity index (χ3n) is 2.39. The lowest BCUT2D eigenvalue weighted by molar-refractivity contribution is 0.0690. The summed E-state index contributed by atoms with van der Waals surface area (Å²) in [6.07, 6.45) is 1.19. The number of ether oxygens (including phenoxy) is 1. The molecule has 0 bridgehead atoms. The summed E-state index contributed by atoms with van der Waals surface area (Å²) in [6.45, 7) is 1.80. The first-order valence-corrected chi connectivity index (χ1v) is 5.21. The Morgan fingerprint density at radius 1 is 1.33 bits per heavy atom. The monoisotopic (exact) mass is 247 g/mol. The van der Waals surface area contributed by atoms with Crippen molar-refractivity contribution in [3.05, 3.63) is 53.5 Å². The number of carboxylic acid groups (broad SMARTS) is 1. The Morgan fingerprint density at radius 3 is 2.72 bits per heavy atom. The summed E-state index contributed by atoms with van der Waals surface area (Å²) in [5.41, 5.74) is 0.341. The fourth-order valence-electron chi connectivity index (χ4n) is 1.44. The third kappa shape index (κ3) is 2.29. The Hall–Kier alpha value is -2.43. The predicted molar refractivity (Wildman–Crippen MR) is 62.4 cm³/mol. The Bertz CT molecular complexity index is 599. The minimum Gasteiger partial charge on any atom is -0.478 e. The molecule has 0 atom stereocenters. The average molecular weight is 247 g/mol. The number of aromatic carboxylic acids is 1. The van der Waals surface area contributed by atoms with Crippen LogP contribution in [0.4, 0.5) is 4.39 Å². The molecule has 5 heteroatoms. The van der Waals surface area contributed by atoms with Crippen molar-refractivity contribution in [3.8, 4) is 11.6 Å². The molecule has 4 nitrogen and oxygen atoms in total. The van der Waals surface area contributed by atoms with E-state index in [0.717, 1.165) is 11.6 Å². The number of para-hydroxylation sites is 1. The molecule has 0 saturated heterocycles. The summed E-state index contributed by atoms with van der Waals surface area (Å²) in [7, 11) is 0. The lowest BCUT2D eigenvalue weighted by Crippen LogP contribution is -2.03. The minimum absolute atomic E-state index is 0.343. The molecule has 1 aromatic heterocycles. The summed E-state index contributed by atoms with van der Waals surface area (Å²) in [5.74, 6) is -2.24. The number of hydrogen-bond donors (Lipinski definition) is 1. The summed E-state index contributed by atoms with van der Waals surface area (Å²) in [6, 6.07) is 8.10. The van der Waals surface area contributed by atoms with Crippen molar-refractivity contribution < 1.29 is 19.0 Å². The summed E-state index contributed by atoms with van der Waals surface area (Å²) in [5, 5.41) is 8.79. The number of carbonyl (C=O) groups is 1. The fraction of sp³-hybridized carbons (Fsp3) is 0.0769. The highest BCUT2D eigenvalue weighted by molar-refractivity contribution is 5.88. The zero-order chi connectivity index (χ0) is 13.1. The van der Waals surface area contributed by atoms with Crippen LogP contribution >= 0.6 is 0 Å². The molecular weight excluding hydrogens is 237 g/mol. The Kier molecular flexibility index (Phi) is 3.23. The molecule has 0 radical (unpaired) electrons. The highest BCUT2D eigenvalue weighted by Crippen LogP contribution is 2.26. The third-order valence-corrected chi connectivity index (χ3v) is 2.39. The van der Waals surface area contributed by atoms with Gasteiger partial charge in [0.15, 0.2) is 5.82 Å². The van der Waals surface area contributed by atoms with Gasteiger partial charge in [-0.25, -0.2) is 14.2 Å². The van der Waals surface area contributed by atoms with E-state index in [2.05, 4.69) is 4.98 Å². The summed E-state index contributed by atoms with van der Waals surface area (Å²) >= 11 is 0. The first-order chi connectivity index (χ1) is 8.59. The van der Waals surface area contributed by atoms with E-state index in [1.165, 1.54) is 6.20 Å². The average Bonchev–Trinajstić information content (AvgIpc) is 2.34. The standard InChI is InChI=1S/C13H10FNO3/c1-8-4-2-3-5-10(8)18-12-11(14)9(13(16)17)6-7-15-12/h2-7H,1H3,(H,16,17). The van der Waals surface area contributed by atoms with Crippen LogP contribution in [0.5, 0.6) is 11.6 Å². The van der Waals surface area contributed by atoms with Crippen molar-refractivity contribution in [3.63, 3.8) is 0 Å². The van der Waals surface area contributed by atoms with E-state index in [-0.39, 0.29) is 5.88 Å². The maximum absolute atomic E-state index is 13.8. The molecule has 1 aromatic carbocycles. The molecular formula is C13H10FNO3. The SMILES string of the molecule is Cc1ccccc1Oc1nccc(C(=O)O)c1F. The lowest BCUT2D eigenvalue weighted by atomic mass is 10.2. The number of halogens is 1. The number of hydrogen-bond acceptors (Lipinski definition) is 3. The molecule has 1 heterocycles. The molecule has 0 aliphatic carbocycles. The van der Waals surface area contributed by atoms with Crippen molar-refractivity contribution in [1.82, 2.24) is 4.98 Å². The van der Waals surface area contributed by atoms with Crippen molar-refractivity contribution >= 4 is 5.97 Å². The van der Waals surface area contributed by atoms with Crippen LogP contribution in [0.25, 0.3) is 0 Å². The molecule has 0 saturated carbocycles. The van der Waals surface area contributed by atoms with Gasteiger partial charge in [0.1, 0.15) is 11.3 Å². The molecule has 0 unspecified atom stereocenters. The van der Waals surface area contributed by atoms with Crippen molar-refractivity contribution in [1.29, 1.82) is 0 Å². The highest BCUT2D eigenvalue weighted by Gasteiger charge is 2.17. The Balaban J connectivity index is 2.39. The van der Waals surface area contributed by atoms with Crippen LogP contribution in [0.3, 0.4) is 0 Å². The summed E-state index contributed by atoms with van der Waals surface area (Å²) in [4.78, 5) is 14.5. The van der Waals surface area contributed by atoms with Gasteiger partial charge in [0.25, 0.3) is 5.88 Å². The van der Waals surface area contributed by atoms with Crippen LogP contribution in [-0.2, 0) is 0 Å². The first kappa shape index (κ1) is 12.0. The van der Waals surface area contributed by atoms with E-state index in [0.29, 0.717) is 5.75 Å². The van der Waals surface area contributed by atoms with Gasteiger partial charge in [-0.15, -0.1) is 0 Å². The van der Waals surface area contributed by atoms with E-state index < -0.39 is 17.3 Å². The molecule has 2 rings (SSSR count). The zero-order valence-corrected chi connectivity index (χ0v) is 9.55. The Labute approximate surface area is 103 Å². The molecule has 0 amide bonds. The predicted octanol–water partition coefficient (Wildman–Crippen LogP) is 3.02. The van der Waals surface area contributed by atoms with Gasteiger partial charge in [-0.05, 0) is 24.6 Å². The molecule has 0 spiro atoms. The van der Waals surface area contributed by atoms with Crippen LogP contribution in [0.15, 0.2) is 36.5 Å². The quantitative estimate of drug-likeness (QED) is 0.905. The van der Waals surface area contributed by atoms with E-state index in [1.54, 1.807) is 25.1 Å². The van der Waals surface area contributed by atoms with Crippen molar-refractivity contribution in [2.24, 2.45) is 0 Å². The largest absolute Gasteiger partial charge is 0.478 e. The van der Waals surface area contributed by atoms with Crippen LogP contribution in [0, 0.1) is 12.7 Å². The maximum atomic E-state index is 13.8. The minimum atomic E-state index is -1.36. The summed E-state index contributed by atoms with van der Waals surface area (Å²) < 4.78 is 19.1. The van der Waals surface area contributed by atoms with Gasteiger partial charge in [-0.3, -0.25) is 0 Å². The van der Waals surface area contributed by atoms with Crippen LogP contribution < -0.4 is 4.74 Å². The van der Waals surface area contributed by atoms with Crippen molar-refractivity contribution in [2.45, 2.75) is 6.92 Å². The van der Waals surface area contributed by atoms with Gasteiger partial charge >= 0.3 is 5.97 Å². The van der Waals surface area contributed by atoms with Gasteiger partial charge < -0.3 is 9.84 Å². The van der Waals surface area contributed by atoms with Crippen molar-refractivity contribution in [2.75, 3.05) is 0 Å². The van der Waals surface area contributed by atoms with Gasteiger partial charge in [0, 0.05) is 6.20 Å². The second-order valence-corrected chi connectivity index (χ2v) is 3.65. The molecule has 1 N–H and O–H groups in total. The van der Waals surface area contributed by atoms with Crippen LogP contribution in [0.1, 0.15) is 15.9 Å². The van der Waals surface area contributed by atoms with Gasteiger partial charge in [-0.1, -0.05) is 18.2 Å². The topological polar surface area (TPSA) is 59.4 Å². The molecule has 0 fully saturated rings. The van der Waals surface area contributed by atoms with E-state index in [1.807, 2.05) is 6.07 Å². The van der Waals surface area contributed by atoms with Gasteiger partial charge in [0.05, 0.1) is 0 Å². The second-order valence-electron chi connectivity index (χ2n) is 3.65. The van der Waals surface area contributed by atoms with Gasteiger partial charge in [0.2, 0.25) is 0 Å². The number of carboxylic acids is 1. The molecule has 0 aliphatic heterocycles. The normalized spacial score (nSPS) is 10.1. The number of nitrogens with zero attached hydrogens (tertiary/aromatic N) is 1.